The number of likely N-dealkylation sites (N-methyl/N-ethyl adjacent to an activating group) is 1. The lowest BCUT2D eigenvalue weighted by atomic mass is 10.1. The molecular formula is C20H32ClN5O. The molecule has 1 fully saturated rings. The normalized spacial score (nSPS) is 18.9. The summed E-state index contributed by atoms with van der Waals surface area (Å²) < 4.78 is 0. The number of carbonyl (C=O) groups is 1. The third-order valence-corrected chi connectivity index (χ3v) is 5.15. The first kappa shape index (κ1) is 21.5. The molecule has 0 aromatic heterocycles. The fourth-order valence-corrected chi connectivity index (χ4v) is 3.43. The molecule has 7 heteroatoms. The number of hydrogen-bond acceptors (Lipinski definition) is 3. The number of nitrogens with zero attached hydrogens (tertiary/aromatic N) is 3. The Balaban J connectivity index is 1.91. The van der Waals surface area contributed by atoms with Gasteiger partial charge in [0.2, 0.25) is 5.91 Å². The van der Waals surface area contributed by atoms with Gasteiger partial charge in [-0.2, -0.15) is 0 Å². The summed E-state index contributed by atoms with van der Waals surface area (Å²) in [6, 6.07) is 8.36. The third kappa shape index (κ3) is 6.11. The third-order valence-electron chi connectivity index (χ3n) is 4.90. The van der Waals surface area contributed by atoms with E-state index in [9.17, 15) is 4.79 Å². The Kier molecular flexibility index (Phi) is 7.92. The zero-order chi connectivity index (χ0) is 20.0. The Morgan fingerprint density at radius 1 is 1.33 bits per heavy atom. The summed E-state index contributed by atoms with van der Waals surface area (Å²) in [6.07, 6.45) is 0.938. The highest BCUT2D eigenvalue weighted by atomic mass is 35.5. The molecule has 1 saturated heterocycles. The van der Waals surface area contributed by atoms with E-state index in [0.717, 1.165) is 37.0 Å². The predicted molar refractivity (Wildman–Crippen MR) is 112 cm³/mol. The monoisotopic (exact) mass is 393 g/mol. The van der Waals surface area contributed by atoms with E-state index in [4.69, 9.17) is 11.6 Å². The van der Waals surface area contributed by atoms with Gasteiger partial charge in [0.05, 0.1) is 6.04 Å². The molecule has 1 aliphatic rings. The standard InChI is InChI=1S/C20H32ClN5O/c1-14(2)19(27)26-11-10-17(13-26)24-20(22-3)23-12-18(25(4)5)15-6-8-16(21)9-7-15/h6-9,14,17-18H,10-13H2,1-5H3,(H2,22,23,24). The van der Waals surface area contributed by atoms with Gasteiger partial charge in [0.25, 0.3) is 0 Å². The summed E-state index contributed by atoms with van der Waals surface area (Å²) in [5.41, 5.74) is 1.20. The number of likely N-dealkylation sites (tertiary alicyclic amines) is 1. The van der Waals surface area contributed by atoms with Crippen LogP contribution in [0.25, 0.3) is 0 Å². The fraction of sp³-hybridized carbons (Fsp3) is 0.600. The summed E-state index contributed by atoms with van der Waals surface area (Å²) in [4.78, 5) is 20.6. The molecule has 2 atom stereocenters. The molecule has 0 bridgehead atoms. The minimum absolute atomic E-state index is 0.0430. The van der Waals surface area contributed by atoms with Crippen LogP contribution in [0, 0.1) is 5.92 Å². The van der Waals surface area contributed by atoms with Crippen LogP contribution in [0.15, 0.2) is 29.3 Å². The molecule has 1 aromatic carbocycles. The van der Waals surface area contributed by atoms with Gasteiger partial charge in [0, 0.05) is 43.7 Å². The molecule has 0 aliphatic carbocycles. The van der Waals surface area contributed by atoms with E-state index in [0.29, 0.717) is 0 Å². The summed E-state index contributed by atoms with van der Waals surface area (Å²) >= 11 is 6.01. The quantitative estimate of drug-likeness (QED) is 0.575. The number of hydrogen-bond donors (Lipinski definition) is 2. The number of benzene rings is 1. The largest absolute Gasteiger partial charge is 0.354 e. The van der Waals surface area contributed by atoms with Crippen molar-refractivity contribution in [1.29, 1.82) is 0 Å². The van der Waals surface area contributed by atoms with Crippen LogP contribution in [0.2, 0.25) is 5.02 Å². The highest BCUT2D eigenvalue weighted by molar-refractivity contribution is 6.30. The summed E-state index contributed by atoms with van der Waals surface area (Å²) in [7, 11) is 5.89. The van der Waals surface area contributed by atoms with E-state index in [1.54, 1.807) is 7.05 Å². The topological polar surface area (TPSA) is 60.0 Å². The smallest absolute Gasteiger partial charge is 0.225 e. The zero-order valence-corrected chi connectivity index (χ0v) is 17.8. The van der Waals surface area contributed by atoms with Gasteiger partial charge in [-0.15, -0.1) is 0 Å². The molecule has 150 valence electrons. The molecule has 0 radical (unpaired) electrons. The van der Waals surface area contributed by atoms with Gasteiger partial charge < -0.3 is 20.4 Å². The molecule has 0 saturated carbocycles. The second kappa shape index (κ2) is 9.95. The number of halogens is 1. The SMILES string of the molecule is CN=C(NCC(c1ccc(Cl)cc1)N(C)C)NC1CCN(C(=O)C(C)C)C1. The minimum Gasteiger partial charge on any atom is -0.354 e. The molecule has 1 aliphatic heterocycles. The molecule has 1 aromatic rings. The van der Waals surface area contributed by atoms with Crippen LogP contribution in [0.1, 0.15) is 31.9 Å². The Hall–Kier alpha value is -1.79. The van der Waals surface area contributed by atoms with Crippen LogP contribution in [0.5, 0.6) is 0 Å². The van der Waals surface area contributed by atoms with E-state index in [-0.39, 0.29) is 23.9 Å². The second-order valence-corrected chi connectivity index (χ2v) is 7.99. The Morgan fingerprint density at radius 2 is 2.00 bits per heavy atom. The molecule has 6 nitrogen and oxygen atoms in total. The van der Waals surface area contributed by atoms with Crippen molar-refractivity contribution in [3.8, 4) is 0 Å². The fourth-order valence-electron chi connectivity index (χ4n) is 3.31. The van der Waals surface area contributed by atoms with Crippen molar-refractivity contribution in [1.82, 2.24) is 20.4 Å². The highest BCUT2D eigenvalue weighted by Gasteiger charge is 2.28. The van der Waals surface area contributed by atoms with Crippen LogP contribution in [-0.4, -0.2) is 68.5 Å². The van der Waals surface area contributed by atoms with Gasteiger partial charge in [-0.1, -0.05) is 37.6 Å². The van der Waals surface area contributed by atoms with E-state index in [2.05, 4.69) is 46.8 Å². The van der Waals surface area contributed by atoms with Crippen molar-refractivity contribution < 1.29 is 4.79 Å². The first-order valence-corrected chi connectivity index (χ1v) is 9.87. The summed E-state index contributed by atoms with van der Waals surface area (Å²) in [5, 5.41) is 7.61. The lowest BCUT2D eigenvalue weighted by Gasteiger charge is -2.27. The second-order valence-electron chi connectivity index (χ2n) is 7.55. The first-order chi connectivity index (χ1) is 12.8. The van der Waals surface area contributed by atoms with Crippen LogP contribution < -0.4 is 10.6 Å². The van der Waals surface area contributed by atoms with E-state index < -0.39 is 0 Å². The molecule has 1 heterocycles. The van der Waals surface area contributed by atoms with Crippen molar-refractivity contribution in [2.24, 2.45) is 10.9 Å². The number of aliphatic imine (C=N–C) groups is 1. The summed E-state index contributed by atoms with van der Waals surface area (Å²) in [5.74, 6) is 1.03. The first-order valence-electron chi connectivity index (χ1n) is 9.49. The van der Waals surface area contributed by atoms with Gasteiger partial charge >= 0.3 is 0 Å². The van der Waals surface area contributed by atoms with Gasteiger partial charge in [-0.3, -0.25) is 9.79 Å². The van der Waals surface area contributed by atoms with Crippen LogP contribution >= 0.6 is 11.6 Å². The Morgan fingerprint density at radius 3 is 2.56 bits per heavy atom. The molecular weight excluding hydrogens is 362 g/mol. The van der Waals surface area contributed by atoms with Crippen molar-refractivity contribution >= 4 is 23.5 Å². The Bertz CT molecular complexity index is 644. The summed E-state index contributed by atoms with van der Waals surface area (Å²) in [6.45, 7) is 6.14. The highest BCUT2D eigenvalue weighted by Crippen LogP contribution is 2.20. The maximum Gasteiger partial charge on any atom is 0.225 e. The van der Waals surface area contributed by atoms with Gasteiger partial charge in [0.1, 0.15) is 0 Å². The van der Waals surface area contributed by atoms with Crippen molar-refractivity contribution in [3.63, 3.8) is 0 Å². The molecule has 2 unspecified atom stereocenters. The molecule has 2 N–H and O–H groups in total. The zero-order valence-electron chi connectivity index (χ0n) is 17.0. The minimum atomic E-state index is 0.0430. The number of carbonyl (C=O) groups excluding carboxylic acids is 1. The predicted octanol–water partition coefficient (Wildman–Crippen LogP) is 2.36. The van der Waals surface area contributed by atoms with E-state index in [1.165, 1.54) is 5.56 Å². The molecule has 1 amide bonds. The van der Waals surface area contributed by atoms with E-state index in [1.807, 2.05) is 30.9 Å². The number of amides is 1. The van der Waals surface area contributed by atoms with Crippen LogP contribution in [0.3, 0.4) is 0 Å². The van der Waals surface area contributed by atoms with Crippen molar-refractivity contribution in [3.05, 3.63) is 34.9 Å². The maximum absolute atomic E-state index is 12.2. The van der Waals surface area contributed by atoms with Crippen molar-refractivity contribution in [2.45, 2.75) is 32.4 Å². The number of guanidine groups is 1. The lowest BCUT2D eigenvalue weighted by molar-refractivity contribution is -0.133. The molecule has 0 spiro atoms. The van der Waals surface area contributed by atoms with Crippen LogP contribution in [0.4, 0.5) is 0 Å². The average molecular weight is 394 g/mol. The molecule has 2 rings (SSSR count). The van der Waals surface area contributed by atoms with Gasteiger partial charge in [-0.25, -0.2) is 0 Å². The average Bonchev–Trinajstić information content (AvgIpc) is 3.09. The van der Waals surface area contributed by atoms with Gasteiger partial charge in [0.15, 0.2) is 5.96 Å². The lowest BCUT2D eigenvalue weighted by Crippen LogP contribution is -2.47. The van der Waals surface area contributed by atoms with Crippen molar-refractivity contribution in [2.75, 3.05) is 40.8 Å². The van der Waals surface area contributed by atoms with Crippen LogP contribution in [-0.2, 0) is 4.79 Å². The maximum atomic E-state index is 12.2. The van der Waals surface area contributed by atoms with E-state index >= 15 is 0 Å². The van der Waals surface area contributed by atoms with Gasteiger partial charge in [-0.05, 0) is 38.2 Å². The molecule has 27 heavy (non-hydrogen) atoms. The Labute approximate surface area is 168 Å². The number of nitrogens with one attached hydrogen (secondary N) is 2. The number of rotatable bonds is 6.